The number of hydrogen-bond donors (Lipinski definition) is 1. The number of carbonyl (C=O) groups excluding carboxylic acids is 2. The van der Waals surface area contributed by atoms with Crippen molar-refractivity contribution < 1.29 is 19.1 Å². The zero-order valence-corrected chi connectivity index (χ0v) is 19.7. The summed E-state index contributed by atoms with van der Waals surface area (Å²) in [5, 5.41) is 0.432. The number of benzene rings is 2. The Kier molecular flexibility index (Phi) is 8.21. The molecule has 2 N–H and O–H groups in total. The minimum atomic E-state index is -0.564. The lowest BCUT2D eigenvalue weighted by Gasteiger charge is -2.35. The van der Waals surface area contributed by atoms with Gasteiger partial charge >= 0.3 is 0 Å². The van der Waals surface area contributed by atoms with E-state index in [4.69, 9.17) is 26.8 Å². The first kappa shape index (κ1) is 23.4. The van der Waals surface area contributed by atoms with Crippen molar-refractivity contribution in [2.75, 3.05) is 13.7 Å². The Morgan fingerprint density at radius 2 is 1.87 bits per heavy atom. The number of halogens is 2. The third kappa shape index (κ3) is 6.14. The number of rotatable bonds is 8. The minimum Gasteiger partial charge on any atom is -0.493 e. The van der Waals surface area contributed by atoms with Gasteiger partial charge in [0, 0.05) is 17.1 Å². The highest BCUT2D eigenvalue weighted by atomic mass is 79.9. The number of methoxy groups -OCH3 is 1. The van der Waals surface area contributed by atoms with Gasteiger partial charge in [0.1, 0.15) is 0 Å². The molecule has 3 rings (SSSR count). The van der Waals surface area contributed by atoms with Crippen molar-refractivity contribution in [3.63, 3.8) is 0 Å². The molecule has 0 unspecified atom stereocenters. The largest absolute Gasteiger partial charge is 0.493 e. The highest BCUT2D eigenvalue weighted by molar-refractivity contribution is 9.10. The Balaban J connectivity index is 1.89. The second kappa shape index (κ2) is 10.9. The van der Waals surface area contributed by atoms with Crippen molar-refractivity contribution in [2.45, 2.75) is 44.7 Å². The van der Waals surface area contributed by atoms with Crippen LogP contribution in [0.15, 0.2) is 40.9 Å². The van der Waals surface area contributed by atoms with Crippen LogP contribution in [0.2, 0.25) is 5.02 Å². The van der Waals surface area contributed by atoms with E-state index in [0.717, 1.165) is 35.7 Å². The molecule has 0 radical (unpaired) electrons. The second-order valence-corrected chi connectivity index (χ2v) is 8.91. The lowest BCUT2D eigenvalue weighted by atomic mass is 9.93. The number of primary amides is 1. The van der Waals surface area contributed by atoms with Gasteiger partial charge in [-0.05, 0) is 48.7 Å². The molecule has 31 heavy (non-hydrogen) atoms. The second-order valence-electron chi connectivity index (χ2n) is 7.59. The first-order chi connectivity index (χ1) is 14.9. The molecule has 0 aliphatic heterocycles. The van der Waals surface area contributed by atoms with Gasteiger partial charge in [0.05, 0.1) is 17.7 Å². The van der Waals surface area contributed by atoms with E-state index in [1.165, 1.54) is 13.5 Å². The van der Waals surface area contributed by atoms with Gasteiger partial charge in [0.2, 0.25) is 0 Å². The monoisotopic (exact) mass is 508 g/mol. The molecule has 1 aliphatic carbocycles. The molecule has 8 heteroatoms. The molecule has 0 aromatic heterocycles. The fraction of sp³-hybridized carbons (Fsp3) is 0.391. The quantitative estimate of drug-likeness (QED) is 0.546. The maximum Gasteiger partial charge on any atom is 0.255 e. The summed E-state index contributed by atoms with van der Waals surface area (Å²) in [4.78, 5) is 26.5. The average molecular weight is 510 g/mol. The normalized spacial score (nSPS) is 14.2. The van der Waals surface area contributed by atoms with Gasteiger partial charge < -0.3 is 20.1 Å². The molecule has 166 valence electrons. The summed E-state index contributed by atoms with van der Waals surface area (Å²) in [7, 11) is 1.53. The third-order valence-electron chi connectivity index (χ3n) is 5.39. The Labute approximate surface area is 195 Å². The third-order valence-corrected chi connectivity index (χ3v) is 6.21. The Hall–Kier alpha value is -2.25. The number of nitrogens with two attached hydrogens (primary N) is 1. The van der Waals surface area contributed by atoms with Gasteiger partial charge in [-0.3, -0.25) is 9.59 Å². The lowest BCUT2D eigenvalue weighted by Crippen LogP contribution is -2.41. The van der Waals surface area contributed by atoms with Gasteiger partial charge in [-0.1, -0.05) is 52.9 Å². The van der Waals surface area contributed by atoms with Crippen molar-refractivity contribution in [2.24, 2.45) is 5.73 Å². The van der Waals surface area contributed by atoms with E-state index in [9.17, 15) is 9.59 Å². The molecule has 0 spiro atoms. The summed E-state index contributed by atoms with van der Waals surface area (Å²) < 4.78 is 11.6. The fourth-order valence-electron chi connectivity index (χ4n) is 3.85. The van der Waals surface area contributed by atoms with Crippen LogP contribution >= 0.6 is 27.5 Å². The van der Waals surface area contributed by atoms with E-state index in [0.29, 0.717) is 28.6 Å². The Morgan fingerprint density at radius 3 is 2.55 bits per heavy atom. The smallest absolute Gasteiger partial charge is 0.255 e. The summed E-state index contributed by atoms with van der Waals surface area (Å²) in [6.45, 7) is 0.183. The van der Waals surface area contributed by atoms with E-state index in [1.807, 2.05) is 23.1 Å². The van der Waals surface area contributed by atoms with Crippen molar-refractivity contribution in [3.8, 4) is 11.5 Å². The van der Waals surface area contributed by atoms with Crippen LogP contribution in [0.5, 0.6) is 11.5 Å². The highest BCUT2D eigenvalue weighted by Crippen LogP contribution is 2.32. The topological polar surface area (TPSA) is 81.9 Å². The number of nitrogens with zero attached hydrogens (tertiary/aromatic N) is 1. The van der Waals surface area contributed by atoms with Crippen LogP contribution in [0.3, 0.4) is 0 Å². The zero-order chi connectivity index (χ0) is 22.4. The molecule has 0 bridgehead atoms. The predicted molar refractivity (Wildman–Crippen MR) is 124 cm³/mol. The molecule has 1 aliphatic rings. The number of hydrogen-bond acceptors (Lipinski definition) is 4. The molecule has 2 aromatic carbocycles. The molecule has 1 fully saturated rings. The summed E-state index contributed by atoms with van der Waals surface area (Å²) >= 11 is 9.80. The maximum absolute atomic E-state index is 13.5. The molecule has 2 amide bonds. The maximum atomic E-state index is 13.5. The van der Waals surface area contributed by atoms with Crippen LogP contribution < -0.4 is 15.2 Å². The first-order valence-corrected chi connectivity index (χ1v) is 11.4. The summed E-state index contributed by atoms with van der Waals surface area (Å²) in [6.07, 6.45) is 5.33. The van der Waals surface area contributed by atoms with Gasteiger partial charge in [-0.15, -0.1) is 0 Å². The van der Waals surface area contributed by atoms with Crippen LogP contribution in [0.25, 0.3) is 0 Å². The molecular weight excluding hydrogens is 484 g/mol. The molecule has 0 saturated heterocycles. The van der Waals surface area contributed by atoms with Gasteiger partial charge in [0.15, 0.2) is 18.1 Å². The molecule has 1 saturated carbocycles. The molecule has 2 aromatic rings. The number of amides is 2. The van der Waals surface area contributed by atoms with Crippen LogP contribution in [0.4, 0.5) is 0 Å². The van der Waals surface area contributed by atoms with E-state index in [1.54, 1.807) is 18.2 Å². The summed E-state index contributed by atoms with van der Waals surface area (Å²) in [5.74, 6) is 0.253. The van der Waals surface area contributed by atoms with Crippen LogP contribution in [0.1, 0.15) is 48.0 Å². The Bertz CT molecular complexity index is 947. The van der Waals surface area contributed by atoms with Crippen LogP contribution in [-0.4, -0.2) is 36.5 Å². The predicted octanol–water partition coefficient (Wildman–Crippen LogP) is 4.95. The van der Waals surface area contributed by atoms with Gasteiger partial charge in [-0.2, -0.15) is 0 Å². The van der Waals surface area contributed by atoms with E-state index in [2.05, 4.69) is 15.9 Å². The van der Waals surface area contributed by atoms with Crippen molar-refractivity contribution in [3.05, 3.63) is 57.0 Å². The first-order valence-electron chi connectivity index (χ1n) is 10.2. The van der Waals surface area contributed by atoms with Crippen molar-refractivity contribution in [1.29, 1.82) is 0 Å². The standard InChI is InChI=1S/C23H26BrClN2O4/c1-30-21-11-15(7-10-20(21)31-14-22(26)28)13-27(17-5-3-2-4-6-17)23(29)18-12-16(24)8-9-19(18)25/h7-12,17H,2-6,13-14H2,1H3,(H2,26,28). The SMILES string of the molecule is COc1cc(CN(C(=O)c2cc(Br)ccc2Cl)C2CCCCC2)ccc1OCC(N)=O. The van der Waals surface area contributed by atoms with E-state index in [-0.39, 0.29) is 18.6 Å². The number of ether oxygens (including phenoxy) is 2. The Morgan fingerprint density at radius 1 is 1.13 bits per heavy atom. The van der Waals surface area contributed by atoms with Crippen LogP contribution in [-0.2, 0) is 11.3 Å². The molecular formula is C23H26BrClN2O4. The van der Waals surface area contributed by atoms with Gasteiger partial charge in [0.25, 0.3) is 11.8 Å². The summed E-state index contributed by atoms with van der Waals surface area (Å²) in [6, 6.07) is 10.9. The summed E-state index contributed by atoms with van der Waals surface area (Å²) in [5.41, 5.74) is 6.54. The molecule has 6 nitrogen and oxygen atoms in total. The minimum absolute atomic E-state index is 0.0915. The van der Waals surface area contributed by atoms with E-state index >= 15 is 0 Å². The molecule has 0 heterocycles. The van der Waals surface area contributed by atoms with Crippen molar-refractivity contribution >= 4 is 39.3 Å². The number of carbonyl (C=O) groups is 2. The fourth-order valence-corrected chi connectivity index (χ4v) is 4.41. The zero-order valence-electron chi connectivity index (χ0n) is 17.4. The lowest BCUT2D eigenvalue weighted by molar-refractivity contribution is -0.119. The molecule has 0 atom stereocenters. The van der Waals surface area contributed by atoms with E-state index < -0.39 is 5.91 Å². The van der Waals surface area contributed by atoms with Gasteiger partial charge in [-0.25, -0.2) is 0 Å². The van der Waals surface area contributed by atoms with Crippen molar-refractivity contribution in [1.82, 2.24) is 4.90 Å². The van der Waals surface area contributed by atoms with Crippen LogP contribution in [0, 0.1) is 0 Å². The average Bonchev–Trinajstić information content (AvgIpc) is 2.78. The highest BCUT2D eigenvalue weighted by Gasteiger charge is 2.28.